The third kappa shape index (κ3) is 4.24. The van der Waals surface area contributed by atoms with E-state index in [2.05, 4.69) is 51.2 Å². The average Bonchev–Trinajstić information content (AvgIpc) is 2.38. The number of hydrogen-bond acceptors (Lipinski definition) is 2. The Bertz CT molecular complexity index is 485. The topological polar surface area (TPSA) is 38.9 Å². The molecular formula is C15H17BrN2. The molecule has 18 heavy (non-hydrogen) atoms. The minimum absolute atomic E-state index is 0.182. The lowest BCUT2D eigenvalue weighted by molar-refractivity contribution is 0.609. The zero-order chi connectivity index (χ0) is 12.8. The van der Waals surface area contributed by atoms with Crippen LogP contribution in [0.2, 0.25) is 0 Å². The number of pyridine rings is 1. The van der Waals surface area contributed by atoms with Gasteiger partial charge >= 0.3 is 0 Å². The zero-order valence-corrected chi connectivity index (χ0v) is 11.8. The number of aromatic nitrogens is 1. The van der Waals surface area contributed by atoms with Gasteiger partial charge < -0.3 is 5.73 Å². The number of nitrogens with two attached hydrogens (primary N) is 1. The molecule has 2 aromatic rings. The van der Waals surface area contributed by atoms with Gasteiger partial charge in [0.15, 0.2) is 0 Å². The highest BCUT2D eigenvalue weighted by Crippen LogP contribution is 2.12. The van der Waals surface area contributed by atoms with Crippen molar-refractivity contribution in [3.8, 4) is 0 Å². The molecular weight excluding hydrogens is 288 g/mol. The minimum Gasteiger partial charge on any atom is -0.327 e. The van der Waals surface area contributed by atoms with Gasteiger partial charge in [0.05, 0.1) is 0 Å². The molecule has 1 unspecified atom stereocenters. The molecule has 0 aliphatic carbocycles. The van der Waals surface area contributed by atoms with Crippen molar-refractivity contribution in [2.45, 2.75) is 25.3 Å². The maximum absolute atomic E-state index is 6.16. The Balaban J connectivity index is 1.84. The fraction of sp³-hybridized carbons (Fsp3) is 0.267. The third-order valence-electron chi connectivity index (χ3n) is 2.91. The fourth-order valence-electron chi connectivity index (χ4n) is 1.97. The van der Waals surface area contributed by atoms with Crippen molar-refractivity contribution in [2.75, 3.05) is 0 Å². The Morgan fingerprint density at radius 2 is 1.89 bits per heavy atom. The van der Waals surface area contributed by atoms with Gasteiger partial charge in [-0.3, -0.25) is 4.98 Å². The summed E-state index contributed by atoms with van der Waals surface area (Å²) in [5.74, 6) is 0. The molecule has 0 aliphatic heterocycles. The summed E-state index contributed by atoms with van der Waals surface area (Å²) >= 11 is 3.42. The predicted octanol–water partition coefficient (Wildman–Crippen LogP) is 3.35. The van der Waals surface area contributed by atoms with Crippen molar-refractivity contribution in [2.24, 2.45) is 5.73 Å². The molecule has 0 spiro atoms. The van der Waals surface area contributed by atoms with Gasteiger partial charge in [-0.1, -0.05) is 30.3 Å². The number of rotatable bonds is 5. The molecule has 3 heteroatoms. The van der Waals surface area contributed by atoms with Gasteiger partial charge in [0.25, 0.3) is 0 Å². The summed E-state index contributed by atoms with van der Waals surface area (Å²) < 4.78 is 1.01. The number of aryl methyl sites for hydroxylation is 1. The van der Waals surface area contributed by atoms with Crippen molar-refractivity contribution < 1.29 is 0 Å². The molecule has 94 valence electrons. The van der Waals surface area contributed by atoms with Crippen LogP contribution in [-0.2, 0) is 12.8 Å². The maximum Gasteiger partial charge on any atom is 0.0410 e. The lowest BCUT2D eigenvalue weighted by Crippen LogP contribution is -2.23. The second kappa shape index (κ2) is 6.66. The molecule has 0 aliphatic rings. The highest BCUT2D eigenvalue weighted by molar-refractivity contribution is 9.10. The minimum atomic E-state index is 0.182. The van der Waals surface area contributed by atoms with E-state index in [1.165, 1.54) is 11.1 Å². The summed E-state index contributed by atoms with van der Waals surface area (Å²) in [4.78, 5) is 4.15. The number of nitrogens with zero attached hydrogens (tertiary/aromatic N) is 1. The van der Waals surface area contributed by atoms with E-state index in [4.69, 9.17) is 5.73 Å². The predicted molar refractivity (Wildman–Crippen MR) is 78.4 cm³/mol. The highest BCUT2D eigenvalue weighted by atomic mass is 79.9. The molecule has 1 atom stereocenters. The van der Waals surface area contributed by atoms with Crippen molar-refractivity contribution in [3.63, 3.8) is 0 Å². The van der Waals surface area contributed by atoms with Gasteiger partial charge in [0, 0.05) is 22.9 Å². The molecule has 0 saturated carbocycles. The summed E-state index contributed by atoms with van der Waals surface area (Å²) in [6.45, 7) is 0. The zero-order valence-electron chi connectivity index (χ0n) is 10.2. The van der Waals surface area contributed by atoms with Crippen molar-refractivity contribution in [1.82, 2.24) is 4.98 Å². The van der Waals surface area contributed by atoms with Gasteiger partial charge in [-0.2, -0.15) is 0 Å². The van der Waals surface area contributed by atoms with Crippen molar-refractivity contribution >= 4 is 15.9 Å². The smallest absolute Gasteiger partial charge is 0.0410 e. The van der Waals surface area contributed by atoms with Crippen LogP contribution < -0.4 is 5.73 Å². The first kappa shape index (κ1) is 13.2. The lowest BCUT2D eigenvalue weighted by Gasteiger charge is -2.11. The Kier molecular flexibility index (Phi) is 4.90. The van der Waals surface area contributed by atoms with Crippen LogP contribution in [0.25, 0.3) is 0 Å². The highest BCUT2D eigenvalue weighted by Gasteiger charge is 2.05. The molecule has 0 radical (unpaired) electrons. The number of hydrogen-bond donors (Lipinski definition) is 1. The van der Waals surface area contributed by atoms with Gasteiger partial charge in [0.2, 0.25) is 0 Å². The molecule has 1 aromatic heterocycles. The SMILES string of the molecule is NC(CCc1ccccc1)Cc1cncc(Br)c1. The molecule has 0 fully saturated rings. The molecule has 2 N–H and O–H groups in total. The van der Waals surface area contributed by atoms with Crippen LogP contribution in [0.5, 0.6) is 0 Å². The Morgan fingerprint density at radius 3 is 2.61 bits per heavy atom. The Morgan fingerprint density at radius 1 is 1.11 bits per heavy atom. The van der Waals surface area contributed by atoms with Crippen LogP contribution in [0.3, 0.4) is 0 Å². The van der Waals surface area contributed by atoms with Crippen LogP contribution >= 0.6 is 15.9 Å². The van der Waals surface area contributed by atoms with Gasteiger partial charge in [-0.15, -0.1) is 0 Å². The largest absolute Gasteiger partial charge is 0.327 e. The van der Waals surface area contributed by atoms with E-state index in [0.717, 1.165) is 23.7 Å². The van der Waals surface area contributed by atoms with Crippen LogP contribution in [0.15, 0.2) is 53.3 Å². The lowest BCUT2D eigenvalue weighted by atomic mass is 10.0. The number of benzene rings is 1. The summed E-state index contributed by atoms with van der Waals surface area (Å²) in [5.41, 5.74) is 8.69. The molecule has 0 amide bonds. The number of halogens is 1. The summed E-state index contributed by atoms with van der Waals surface area (Å²) in [6.07, 6.45) is 6.57. The standard InChI is InChI=1S/C15H17BrN2/c16-14-8-13(10-18-11-14)9-15(17)7-6-12-4-2-1-3-5-12/h1-5,8,10-11,15H,6-7,9,17H2. The molecule has 2 nitrogen and oxygen atoms in total. The quantitative estimate of drug-likeness (QED) is 0.920. The normalized spacial score (nSPS) is 12.3. The van der Waals surface area contributed by atoms with E-state index in [1.54, 1.807) is 6.20 Å². The van der Waals surface area contributed by atoms with Gasteiger partial charge in [-0.05, 0) is 52.4 Å². The van der Waals surface area contributed by atoms with E-state index in [-0.39, 0.29) is 6.04 Å². The fourth-order valence-corrected chi connectivity index (χ4v) is 2.38. The summed E-state index contributed by atoms with van der Waals surface area (Å²) in [6, 6.07) is 12.7. The van der Waals surface area contributed by atoms with E-state index >= 15 is 0 Å². The van der Waals surface area contributed by atoms with Crippen LogP contribution in [0, 0.1) is 0 Å². The van der Waals surface area contributed by atoms with E-state index in [1.807, 2.05) is 12.3 Å². The molecule has 1 heterocycles. The van der Waals surface area contributed by atoms with E-state index < -0.39 is 0 Å². The Labute approximate surface area is 116 Å². The molecule has 2 rings (SSSR count). The van der Waals surface area contributed by atoms with Crippen LogP contribution in [0.4, 0.5) is 0 Å². The molecule has 1 aromatic carbocycles. The van der Waals surface area contributed by atoms with E-state index in [9.17, 15) is 0 Å². The summed E-state index contributed by atoms with van der Waals surface area (Å²) in [7, 11) is 0. The van der Waals surface area contributed by atoms with E-state index in [0.29, 0.717) is 0 Å². The first-order chi connectivity index (χ1) is 8.74. The second-order valence-corrected chi connectivity index (χ2v) is 5.42. The van der Waals surface area contributed by atoms with Crippen molar-refractivity contribution in [1.29, 1.82) is 0 Å². The Hall–Kier alpha value is -1.19. The van der Waals surface area contributed by atoms with Crippen molar-refractivity contribution in [3.05, 3.63) is 64.4 Å². The summed E-state index contributed by atoms with van der Waals surface area (Å²) in [5, 5.41) is 0. The van der Waals surface area contributed by atoms with Gasteiger partial charge in [0.1, 0.15) is 0 Å². The monoisotopic (exact) mass is 304 g/mol. The van der Waals surface area contributed by atoms with Crippen LogP contribution in [0.1, 0.15) is 17.5 Å². The average molecular weight is 305 g/mol. The maximum atomic E-state index is 6.16. The molecule has 0 saturated heterocycles. The second-order valence-electron chi connectivity index (χ2n) is 4.50. The first-order valence-electron chi connectivity index (χ1n) is 6.13. The third-order valence-corrected chi connectivity index (χ3v) is 3.34. The van der Waals surface area contributed by atoms with Gasteiger partial charge in [-0.25, -0.2) is 0 Å². The van der Waals surface area contributed by atoms with Crippen LogP contribution in [-0.4, -0.2) is 11.0 Å². The first-order valence-corrected chi connectivity index (χ1v) is 6.92. The molecule has 0 bridgehead atoms.